The van der Waals surface area contributed by atoms with Gasteiger partial charge in [-0.2, -0.15) is 4.98 Å². The molecular formula is C18H19BrN4O2. The van der Waals surface area contributed by atoms with Crippen molar-refractivity contribution in [2.45, 2.75) is 6.92 Å². The SMILES string of the molecule is C=C(Br)/C=C(\C)c1noc(C(=O)N2CCN(c3ccccc3)CC2)n1. The van der Waals surface area contributed by atoms with Gasteiger partial charge in [-0.25, -0.2) is 0 Å². The van der Waals surface area contributed by atoms with Gasteiger partial charge in [-0.15, -0.1) is 0 Å². The van der Waals surface area contributed by atoms with Crippen LogP contribution in [0.5, 0.6) is 0 Å². The fourth-order valence-corrected chi connectivity index (χ4v) is 3.06. The quantitative estimate of drug-likeness (QED) is 0.733. The van der Waals surface area contributed by atoms with E-state index in [0.29, 0.717) is 23.4 Å². The first kappa shape index (κ1) is 17.4. The maximum Gasteiger partial charge on any atom is 0.316 e. The molecule has 1 aliphatic heterocycles. The van der Waals surface area contributed by atoms with Crippen LogP contribution in [0.25, 0.3) is 5.57 Å². The van der Waals surface area contributed by atoms with Gasteiger partial charge in [0.2, 0.25) is 0 Å². The number of anilines is 1. The number of aromatic nitrogens is 2. The van der Waals surface area contributed by atoms with Crippen molar-refractivity contribution >= 4 is 33.1 Å². The molecule has 0 atom stereocenters. The highest BCUT2D eigenvalue weighted by Gasteiger charge is 2.26. The van der Waals surface area contributed by atoms with E-state index in [0.717, 1.165) is 18.7 Å². The Kier molecular flexibility index (Phi) is 5.33. The van der Waals surface area contributed by atoms with Gasteiger partial charge in [0.05, 0.1) is 0 Å². The molecule has 1 aromatic heterocycles. The summed E-state index contributed by atoms with van der Waals surface area (Å²) in [6.45, 7) is 8.38. The normalized spacial score (nSPS) is 15.4. The van der Waals surface area contributed by atoms with Crippen molar-refractivity contribution in [1.29, 1.82) is 0 Å². The third kappa shape index (κ3) is 4.17. The smallest absolute Gasteiger partial charge is 0.316 e. The predicted octanol–water partition coefficient (Wildman–Crippen LogP) is 3.34. The number of allylic oxidation sites excluding steroid dienone is 3. The third-order valence-corrected chi connectivity index (χ3v) is 4.25. The van der Waals surface area contributed by atoms with Crippen molar-refractivity contribution in [2.75, 3.05) is 31.1 Å². The molecule has 25 heavy (non-hydrogen) atoms. The zero-order valence-corrected chi connectivity index (χ0v) is 15.6. The number of nitrogens with zero attached hydrogens (tertiary/aromatic N) is 4. The van der Waals surface area contributed by atoms with Gasteiger partial charge >= 0.3 is 11.8 Å². The number of hydrogen-bond acceptors (Lipinski definition) is 5. The van der Waals surface area contributed by atoms with Crippen LogP contribution in [0.1, 0.15) is 23.4 Å². The summed E-state index contributed by atoms with van der Waals surface area (Å²) in [5.41, 5.74) is 1.95. The Hall–Kier alpha value is -2.41. The van der Waals surface area contributed by atoms with Gasteiger partial charge in [-0.1, -0.05) is 45.9 Å². The van der Waals surface area contributed by atoms with Crippen LogP contribution in [-0.4, -0.2) is 47.1 Å². The van der Waals surface area contributed by atoms with Gasteiger partial charge in [-0.05, 0) is 30.7 Å². The van der Waals surface area contributed by atoms with E-state index in [4.69, 9.17) is 4.52 Å². The first-order valence-corrected chi connectivity index (χ1v) is 8.80. The molecule has 1 saturated heterocycles. The lowest BCUT2D eigenvalue weighted by Gasteiger charge is -2.35. The summed E-state index contributed by atoms with van der Waals surface area (Å²) in [6, 6.07) is 10.2. The van der Waals surface area contributed by atoms with Gasteiger partial charge in [0.25, 0.3) is 0 Å². The second-order valence-electron chi connectivity index (χ2n) is 5.81. The Morgan fingerprint density at radius 2 is 1.92 bits per heavy atom. The first-order valence-electron chi connectivity index (χ1n) is 8.00. The molecule has 0 N–H and O–H groups in total. The number of carbonyl (C=O) groups excluding carboxylic acids is 1. The topological polar surface area (TPSA) is 62.5 Å². The summed E-state index contributed by atoms with van der Waals surface area (Å²) in [4.78, 5) is 20.8. The van der Waals surface area contributed by atoms with E-state index in [9.17, 15) is 4.79 Å². The third-order valence-electron chi connectivity index (χ3n) is 4.02. The van der Waals surface area contributed by atoms with E-state index in [1.54, 1.807) is 11.0 Å². The molecule has 2 heterocycles. The molecule has 0 spiro atoms. The van der Waals surface area contributed by atoms with Crippen molar-refractivity contribution in [1.82, 2.24) is 15.0 Å². The van der Waals surface area contributed by atoms with E-state index >= 15 is 0 Å². The fourth-order valence-electron chi connectivity index (χ4n) is 2.71. The molecule has 2 aromatic rings. The maximum atomic E-state index is 12.6. The van der Waals surface area contributed by atoms with Crippen LogP contribution in [0.15, 0.2) is 52.0 Å². The Morgan fingerprint density at radius 3 is 2.56 bits per heavy atom. The van der Waals surface area contributed by atoms with Crippen molar-refractivity contribution in [3.05, 3.63) is 59.2 Å². The number of amides is 1. The van der Waals surface area contributed by atoms with Crippen LogP contribution in [0.4, 0.5) is 5.69 Å². The minimum Gasteiger partial charge on any atom is -0.368 e. The maximum absolute atomic E-state index is 12.6. The van der Waals surface area contributed by atoms with Gasteiger partial charge in [0, 0.05) is 36.3 Å². The zero-order valence-electron chi connectivity index (χ0n) is 14.0. The lowest BCUT2D eigenvalue weighted by molar-refractivity contribution is 0.0696. The van der Waals surface area contributed by atoms with Gasteiger partial charge in [-0.3, -0.25) is 4.79 Å². The minimum absolute atomic E-state index is 0.0242. The molecule has 0 radical (unpaired) electrons. The largest absolute Gasteiger partial charge is 0.368 e. The molecule has 6 nitrogen and oxygen atoms in total. The summed E-state index contributed by atoms with van der Waals surface area (Å²) in [7, 11) is 0. The summed E-state index contributed by atoms with van der Waals surface area (Å²) >= 11 is 3.26. The van der Waals surface area contributed by atoms with E-state index in [2.05, 4.69) is 49.7 Å². The number of halogens is 1. The number of rotatable bonds is 4. The Labute approximate surface area is 154 Å². The molecule has 0 saturated carbocycles. The molecule has 1 aromatic carbocycles. The summed E-state index contributed by atoms with van der Waals surface area (Å²) < 4.78 is 5.85. The van der Waals surface area contributed by atoms with Crippen LogP contribution in [0.2, 0.25) is 0 Å². The minimum atomic E-state index is -0.225. The number of para-hydroxylation sites is 1. The molecule has 1 fully saturated rings. The zero-order chi connectivity index (χ0) is 17.8. The van der Waals surface area contributed by atoms with Gasteiger partial charge in [0.1, 0.15) is 0 Å². The second kappa shape index (κ2) is 7.65. The summed E-state index contributed by atoms with van der Waals surface area (Å²) in [6.07, 6.45) is 1.78. The molecular weight excluding hydrogens is 384 g/mol. The molecule has 7 heteroatoms. The Balaban J connectivity index is 1.63. The van der Waals surface area contributed by atoms with E-state index < -0.39 is 0 Å². The lowest BCUT2D eigenvalue weighted by Crippen LogP contribution is -2.48. The first-order chi connectivity index (χ1) is 12.0. The van der Waals surface area contributed by atoms with Crippen LogP contribution in [-0.2, 0) is 0 Å². The molecule has 130 valence electrons. The Bertz CT molecular complexity index is 792. The van der Waals surface area contributed by atoms with Gasteiger partial charge < -0.3 is 14.3 Å². The van der Waals surface area contributed by atoms with Crippen molar-refractivity contribution in [3.8, 4) is 0 Å². The van der Waals surface area contributed by atoms with Crippen molar-refractivity contribution < 1.29 is 9.32 Å². The Morgan fingerprint density at radius 1 is 1.24 bits per heavy atom. The molecule has 1 aliphatic rings. The van der Waals surface area contributed by atoms with Crippen molar-refractivity contribution in [3.63, 3.8) is 0 Å². The van der Waals surface area contributed by atoms with E-state index in [1.807, 2.05) is 25.1 Å². The summed E-state index contributed by atoms with van der Waals surface area (Å²) in [5.74, 6) is 0.194. The van der Waals surface area contributed by atoms with E-state index in [-0.39, 0.29) is 11.8 Å². The standard InChI is InChI=1S/C18H19BrN4O2/c1-13(12-14(2)19)16-20-17(25-21-16)18(24)23-10-8-22(9-11-23)15-6-4-3-5-7-15/h3-7,12H,2,8-11H2,1H3/b13-12+. The highest BCUT2D eigenvalue weighted by atomic mass is 79.9. The predicted molar refractivity (Wildman–Crippen MR) is 101 cm³/mol. The molecule has 0 aliphatic carbocycles. The van der Waals surface area contributed by atoms with Crippen LogP contribution >= 0.6 is 15.9 Å². The van der Waals surface area contributed by atoms with Gasteiger partial charge in [0.15, 0.2) is 5.82 Å². The molecule has 1 amide bonds. The molecule has 3 rings (SSSR count). The number of benzene rings is 1. The number of piperazine rings is 1. The average Bonchev–Trinajstić information content (AvgIpc) is 3.12. The number of carbonyl (C=O) groups is 1. The fraction of sp³-hybridized carbons (Fsp3) is 0.278. The van der Waals surface area contributed by atoms with Crippen LogP contribution < -0.4 is 4.90 Å². The highest BCUT2D eigenvalue weighted by Crippen LogP contribution is 2.18. The second-order valence-corrected chi connectivity index (χ2v) is 6.83. The molecule has 0 bridgehead atoms. The van der Waals surface area contributed by atoms with Crippen LogP contribution in [0.3, 0.4) is 0 Å². The monoisotopic (exact) mass is 402 g/mol. The van der Waals surface area contributed by atoms with Crippen molar-refractivity contribution in [2.24, 2.45) is 0 Å². The summed E-state index contributed by atoms with van der Waals surface area (Å²) in [5, 5.41) is 3.87. The van der Waals surface area contributed by atoms with Crippen LogP contribution in [0, 0.1) is 0 Å². The lowest BCUT2D eigenvalue weighted by atomic mass is 10.2. The highest BCUT2D eigenvalue weighted by molar-refractivity contribution is 9.11. The molecule has 0 unspecified atom stereocenters. The average molecular weight is 403 g/mol. The van der Waals surface area contributed by atoms with E-state index in [1.165, 1.54) is 5.69 Å². The number of hydrogen-bond donors (Lipinski definition) is 0.